The highest BCUT2D eigenvalue weighted by atomic mass is 32.1. The average Bonchev–Trinajstić information content (AvgIpc) is 2.83. The van der Waals surface area contributed by atoms with E-state index in [1.165, 1.54) is 6.42 Å². The van der Waals surface area contributed by atoms with Gasteiger partial charge in [0.1, 0.15) is 5.84 Å². The second-order valence-corrected chi connectivity index (χ2v) is 6.88. The first kappa shape index (κ1) is 16.7. The van der Waals surface area contributed by atoms with Crippen LogP contribution in [0.1, 0.15) is 43.8 Å². The Morgan fingerprint density at radius 1 is 1.50 bits per heavy atom. The standard InChI is InChI=1S/C15H24N4O2S/c1-10-5-4-6-11(2)19(10)15(20)8-21-18-14(16)7-13-9-22-12(3)17-13/h9-11H,4-8H2,1-3H3,(H2,16,18). The number of hydrogen-bond acceptors (Lipinski definition) is 5. The third-order valence-electron chi connectivity index (χ3n) is 3.88. The SMILES string of the molecule is Cc1nc(C/C(N)=N\OCC(=O)N2C(C)CCCC2C)cs1. The normalized spacial score (nSPS) is 22.7. The van der Waals surface area contributed by atoms with Crippen LogP contribution in [0.5, 0.6) is 0 Å². The maximum Gasteiger partial charge on any atom is 0.263 e. The van der Waals surface area contributed by atoms with Crippen molar-refractivity contribution in [1.82, 2.24) is 9.88 Å². The van der Waals surface area contributed by atoms with E-state index < -0.39 is 0 Å². The molecule has 2 unspecified atom stereocenters. The Labute approximate surface area is 135 Å². The molecule has 1 aromatic rings. The van der Waals surface area contributed by atoms with Crippen molar-refractivity contribution in [3.63, 3.8) is 0 Å². The van der Waals surface area contributed by atoms with Gasteiger partial charge in [0.15, 0.2) is 6.61 Å². The van der Waals surface area contributed by atoms with Gasteiger partial charge in [0.05, 0.1) is 17.1 Å². The van der Waals surface area contributed by atoms with E-state index in [1.807, 2.05) is 17.2 Å². The Morgan fingerprint density at radius 2 is 2.18 bits per heavy atom. The van der Waals surface area contributed by atoms with Crippen LogP contribution in [-0.2, 0) is 16.1 Å². The highest BCUT2D eigenvalue weighted by molar-refractivity contribution is 7.09. The van der Waals surface area contributed by atoms with Crippen LogP contribution in [0.4, 0.5) is 0 Å². The van der Waals surface area contributed by atoms with Crippen molar-refractivity contribution in [1.29, 1.82) is 0 Å². The van der Waals surface area contributed by atoms with Gasteiger partial charge in [-0.1, -0.05) is 5.16 Å². The van der Waals surface area contributed by atoms with Gasteiger partial charge in [-0.05, 0) is 40.0 Å². The molecule has 0 aromatic carbocycles. The fourth-order valence-electron chi connectivity index (χ4n) is 2.87. The van der Waals surface area contributed by atoms with Crippen molar-refractivity contribution in [3.8, 4) is 0 Å². The Morgan fingerprint density at radius 3 is 2.77 bits per heavy atom. The van der Waals surface area contributed by atoms with Gasteiger partial charge in [-0.25, -0.2) is 4.98 Å². The number of likely N-dealkylation sites (tertiary alicyclic amines) is 1. The topological polar surface area (TPSA) is 80.8 Å². The Balaban J connectivity index is 1.81. The lowest BCUT2D eigenvalue weighted by atomic mass is 9.97. The van der Waals surface area contributed by atoms with Crippen LogP contribution in [-0.4, -0.2) is 40.3 Å². The van der Waals surface area contributed by atoms with E-state index in [4.69, 9.17) is 10.6 Å². The molecule has 2 rings (SSSR count). The van der Waals surface area contributed by atoms with Gasteiger partial charge < -0.3 is 15.5 Å². The number of hydrogen-bond donors (Lipinski definition) is 1. The summed E-state index contributed by atoms with van der Waals surface area (Å²) in [5.74, 6) is 0.304. The average molecular weight is 324 g/mol. The quantitative estimate of drug-likeness (QED) is 0.511. The number of carbonyl (C=O) groups is 1. The molecule has 2 heterocycles. The molecule has 2 atom stereocenters. The molecule has 1 aliphatic heterocycles. The summed E-state index contributed by atoms with van der Waals surface area (Å²) in [5, 5.41) is 6.76. The Kier molecular flexibility index (Phi) is 5.76. The van der Waals surface area contributed by atoms with Gasteiger partial charge in [0.2, 0.25) is 0 Å². The smallest absolute Gasteiger partial charge is 0.263 e. The third kappa shape index (κ3) is 4.43. The summed E-state index contributed by atoms with van der Waals surface area (Å²) in [6, 6.07) is 0.526. The van der Waals surface area contributed by atoms with E-state index in [2.05, 4.69) is 24.0 Å². The predicted molar refractivity (Wildman–Crippen MR) is 87.8 cm³/mol. The molecule has 0 aliphatic carbocycles. The first-order valence-corrected chi connectivity index (χ1v) is 8.51. The highest BCUT2D eigenvalue weighted by Gasteiger charge is 2.28. The van der Waals surface area contributed by atoms with Crippen molar-refractivity contribution in [3.05, 3.63) is 16.1 Å². The summed E-state index contributed by atoms with van der Waals surface area (Å²) in [6.45, 7) is 6.04. The zero-order valence-electron chi connectivity index (χ0n) is 13.4. The van der Waals surface area contributed by atoms with E-state index in [-0.39, 0.29) is 24.6 Å². The minimum Gasteiger partial charge on any atom is -0.384 e. The molecule has 1 fully saturated rings. The van der Waals surface area contributed by atoms with E-state index in [0.717, 1.165) is 23.5 Å². The molecule has 22 heavy (non-hydrogen) atoms. The summed E-state index contributed by atoms with van der Waals surface area (Å²) >= 11 is 1.57. The molecule has 1 aromatic heterocycles. The zero-order valence-corrected chi connectivity index (χ0v) is 14.2. The van der Waals surface area contributed by atoms with E-state index in [1.54, 1.807) is 11.3 Å². The number of aromatic nitrogens is 1. The molecule has 0 bridgehead atoms. The van der Waals surface area contributed by atoms with Crippen LogP contribution in [0.15, 0.2) is 10.5 Å². The fourth-order valence-corrected chi connectivity index (χ4v) is 3.48. The molecule has 0 spiro atoms. The van der Waals surface area contributed by atoms with Crippen LogP contribution in [0.25, 0.3) is 0 Å². The molecule has 6 nitrogen and oxygen atoms in total. The number of nitrogens with two attached hydrogens (primary N) is 1. The number of nitrogens with zero attached hydrogens (tertiary/aromatic N) is 3. The van der Waals surface area contributed by atoms with Crippen molar-refractivity contribution in [2.24, 2.45) is 10.9 Å². The molecule has 2 N–H and O–H groups in total. The second kappa shape index (κ2) is 7.58. The summed E-state index contributed by atoms with van der Waals surface area (Å²) in [6.07, 6.45) is 3.70. The van der Waals surface area contributed by atoms with E-state index in [0.29, 0.717) is 12.3 Å². The lowest BCUT2D eigenvalue weighted by molar-refractivity contribution is -0.142. The monoisotopic (exact) mass is 324 g/mol. The maximum absolute atomic E-state index is 12.2. The Bertz CT molecular complexity index is 533. The molecular formula is C15H24N4O2S. The minimum absolute atomic E-state index is 0.0271. The maximum atomic E-state index is 12.2. The van der Waals surface area contributed by atoms with Crippen LogP contribution >= 0.6 is 11.3 Å². The number of amides is 1. The van der Waals surface area contributed by atoms with Gasteiger partial charge in [-0.2, -0.15) is 0 Å². The molecule has 7 heteroatoms. The van der Waals surface area contributed by atoms with Gasteiger partial charge in [-0.15, -0.1) is 11.3 Å². The van der Waals surface area contributed by atoms with Gasteiger partial charge in [0, 0.05) is 17.5 Å². The summed E-state index contributed by atoms with van der Waals surface area (Å²) in [5.41, 5.74) is 6.67. The number of piperidine rings is 1. The predicted octanol–water partition coefficient (Wildman–Crippen LogP) is 2.07. The molecule has 0 saturated carbocycles. The van der Waals surface area contributed by atoms with Gasteiger partial charge in [0.25, 0.3) is 5.91 Å². The molecule has 1 aliphatic rings. The number of rotatable bonds is 5. The van der Waals surface area contributed by atoms with Gasteiger partial charge in [-0.3, -0.25) is 4.79 Å². The zero-order chi connectivity index (χ0) is 16.1. The lowest BCUT2D eigenvalue weighted by Gasteiger charge is -2.38. The molecule has 122 valence electrons. The fraction of sp³-hybridized carbons (Fsp3) is 0.667. The Hall–Kier alpha value is -1.63. The number of carbonyl (C=O) groups excluding carboxylic acids is 1. The number of oxime groups is 1. The minimum atomic E-state index is -0.0640. The molecular weight excluding hydrogens is 300 g/mol. The third-order valence-corrected chi connectivity index (χ3v) is 4.70. The first-order chi connectivity index (χ1) is 10.5. The molecule has 1 amide bonds. The second-order valence-electron chi connectivity index (χ2n) is 5.82. The van der Waals surface area contributed by atoms with E-state index in [9.17, 15) is 4.79 Å². The van der Waals surface area contributed by atoms with Gasteiger partial charge >= 0.3 is 0 Å². The van der Waals surface area contributed by atoms with Crippen molar-refractivity contribution in [2.45, 2.75) is 58.5 Å². The number of aryl methyl sites for hydroxylation is 1. The summed E-state index contributed by atoms with van der Waals surface area (Å²) in [7, 11) is 0. The van der Waals surface area contributed by atoms with Crippen molar-refractivity contribution in [2.75, 3.05) is 6.61 Å². The molecule has 1 saturated heterocycles. The van der Waals surface area contributed by atoms with Crippen molar-refractivity contribution < 1.29 is 9.63 Å². The largest absolute Gasteiger partial charge is 0.384 e. The summed E-state index contributed by atoms with van der Waals surface area (Å²) in [4.78, 5) is 23.6. The van der Waals surface area contributed by atoms with Crippen LogP contribution in [0.3, 0.4) is 0 Å². The van der Waals surface area contributed by atoms with Crippen LogP contribution < -0.4 is 5.73 Å². The number of thiazole rings is 1. The summed E-state index contributed by atoms with van der Waals surface area (Å²) < 4.78 is 0. The van der Waals surface area contributed by atoms with Crippen molar-refractivity contribution >= 4 is 23.1 Å². The van der Waals surface area contributed by atoms with Crippen LogP contribution in [0, 0.1) is 6.92 Å². The first-order valence-electron chi connectivity index (χ1n) is 7.64. The highest BCUT2D eigenvalue weighted by Crippen LogP contribution is 2.22. The van der Waals surface area contributed by atoms with Crippen LogP contribution in [0.2, 0.25) is 0 Å². The van der Waals surface area contributed by atoms with E-state index >= 15 is 0 Å². The molecule has 0 radical (unpaired) electrons. The number of amidine groups is 1. The lowest BCUT2D eigenvalue weighted by Crippen LogP contribution is -2.48.